The second-order valence-electron chi connectivity index (χ2n) is 14.7. The minimum Gasteiger partial charge on any atom is -0.438 e. The number of nitrogens with zero attached hydrogens (tertiary/aromatic N) is 5. The molecule has 4 heterocycles. The smallest absolute Gasteiger partial charge is 0.228 e. The molecule has 0 saturated heterocycles. The molecule has 8 aromatic carbocycles. The zero-order valence-corrected chi connectivity index (χ0v) is 31.0. The fourth-order valence-electron chi connectivity index (χ4n) is 8.55. The quantitative estimate of drug-likeness (QED) is 0.176. The van der Waals surface area contributed by atoms with E-state index in [4.69, 9.17) is 19.4 Å². The van der Waals surface area contributed by atoms with Gasteiger partial charge < -0.3 is 8.98 Å². The maximum absolute atomic E-state index is 6.22. The van der Waals surface area contributed by atoms with Crippen LogP contribution in [0.3, 0.4) is 0 Å². The summed E-state index contributed by atoms with van der Waals surface area (Å²) >= 11 is 0. The van der Waals surface area contributed by atoms with Gasteiger partial charge in [-0.1, -0.05) is 140 Å². The van der Waals surface area contributed by atoms with Gasteiger partial charge in [-0.2, -0.15) is 0 Å². The third kappa shape index (κ3) is 5.12. The summed E-state index contributed by atoms with van der Waals surface area (Å²) in [6, 6.07) is 63.7. The molecule has 0 bridgehead atoms. The summed E-state index contributed by atoms with van der Waals surface area (Å²) < 4.78 is 8.59. The number of pyridine rings is 1. The molecular formula is C52H31N5O. The van der Waals surface area contributed by atoms with E-state index in [1.54, 1.807) is 6.20 Å². The molecule has 0 aliphatic heterocycles. The van der Waals surface area contributed by atoms with Crippen LogP contribution in [0.15, 0.2) is 193 Å². The molecule has 4 aromatic heterocycles. The van der Waals surface area contributed by atoms with Crippen molar-refractivity contribution in [1.82, 2.24) is 24.5 Å². The standard InChI is InChI=1S/C52H31N5O/c1-2-12-35-29-36(26-23-32(35)11-1)33-21-24-34(25-22-33)49-54-50(56-51(55-49)43-27-28-53-52-48(43)42-17-7-10-20-47(42)58-52)38-30-37-13-3-4-14-39(37)46(31-38)57-44-18-8-5-15-40(44)41-16-6-9-19-45(41)57/h1-31H. The van der Waals surface area contributed by atoms with Gasteiger partial charge in [-0.25, -0.2) is 19.9 Å². The lowest BCUT2D eigenvalue weighted by Gasteiger charge is -2.15. The highest BCUT2D eigenvalue weighted by atomic mass is 16.3. The molecule has 0 N–H and O–H groups in total. The maximum Gasteiger partial charge on any atom is 0.228 e. The SMILES string of the molecule is c1ccc2cc(-c3ccc(-c4nc(-c5cc(-n6c7ccccc7c7ccccc76)c6ccccc6c5)nc(-c5ccnc6oc7ccccc7c56)n4)cc3)ccc2c1. The third-order valence-corrected chi connectivity index (χ3v) is 11.3. The van der Waals surface area contributed by atoms with Gasteiger partial charge in [0.25, 0.3) is 0 Å². The lowest BCUT2D eigenvalue weighted by Crippen LogP contribution is -2.02. The number of fused-ring (bicyclic) bond motifs is 8. The Kier molecular flexibility index (Phi) is 7.13. The highest BCUT2D eigenvalue weighted by Gasteiger charge is 2.21. The van der Waals surface area contributed by atoms with Gasteiger partial charge in [0.05, 0.1) is 22.1 Å². The molecule has 12 rings (SSSR count). The van der Waals surface area contributed by atoms with Crippen molar-refractivity contribution in [1.29, 1.82) is 0 Å². The molecule has 58 heavy (non-hydrogen) atoms. The zero-order valence-electron chi connectivity index (χ0n) is 31.0. The van der Waals surface area contributed by atoms with Gasteiger partial charge >= 0.3 is 0 Å². The van der Waals surface area contributed by atoms with Gasteiger partial charge in [-0.15, -0.1) is 0 Å². The molecule has 0 aliphatic rings. The molecule has 6 heteroatoms. The Morgan fingerprint density at radius 3 is 1.74 bits per heavy atom. The second kappa shape index (κ2) is 12.8. The molecule has 0 unspecified atom stereocenters. The number of hydrogen-bond donors (Lipinski definition) is 0. The first-order chi connectivity index (χ1) is 28.7. The summed E-state index contributed by atoms with van der Waals surface area (Å²) in [7, 11) is 0. The first-order valence-electron chi connectivity index (χ1n) is 19.4. The number of hydrogen-bond acceptors (Lipinski definition) is 5. The Morgan fingerprint density at radius 2 is 0.966 bits per heavy atom. The molecular weight excluding hydrogens is 711 g/mol. The molecule has 0 spiro atoms. The Labute approximate surface area is 332 Å². The predicted octanol–water partition coefficient (Wildman–Crippen LogP) is 13.2. The summed E-state index contributed by atoms with van der Waals surface area (Å²) in [6.07, 6.45) is 1.76. The van der Waals surface area contributed by atoms with Crippen LogP contribution in [-0.4, -0.2) is 24.5 Å². The monoisotopic (exact) mass is 741 g/mol. The minimum atomic E-state index is 0.543. The topological polar surface area (TPSA) is 69.6 Å². The van der Waals surface area contributed by atoms with Crippen molar-refractivity contribution < 1.29 is 4.42 Å². The normalized spacial score (nSPS) is 11.8. The van der Waals surface area contributed by atoms with Crippen LogP contribution >= 0.6 is 0 Å². The Morgan fingerprint density at radius 1 is 0.397 bits per heavy atom. The van der Waals surface area contributed by atoms with Crippen molar-refractivity contribution in [2.45, 2.75) is 0 Å². The van der Waals surface area contributed by atoms with Crippen molar-refractivity contribution in [2.75, 3.05) is 0 Å². The number of furan rings is 1. The molecule has 0 saturated carbocycles. The Balaban J connectivity index is 1.09. The first kappa shape index (κ1) is 32.3. The van der Waals surface area contributed by atoms with Crippen LogP contribution in [-0.2, 0) is 0 Å². The number of para-hydroxylation sites is 3. The number of rotatable bonds is 5. The van der Waals surface area contributed by atoms with E-state index in [2.05, 4.69) is 167 Å². The van der Waals surface area contributed by atoms with E-state index in [-0.39, 0.29) is 0 Å². The Hall–Kier alpha value is -7.96. The molecule has 0 atom stereocenters. The molecule has 0 aliphatic carbocycles. The highest BCUT2D eigenvalue weighted by Crippen LogP contribution is 2.39. The van der Waals surface area contributed by atoms with Gasteiger partial charge in [0, 0.05) is 44.4 Å². The fraction of sp³-hybridized carbons (Fsp3) is 0. The molecule has 0 amide bonds. The van der Waals surface area contributed by atoms with E-state index in [0.717, 1.165) is 71.7 Å². The van der Waals surface area contributed by atoms with Gasteiger partial charge in [0.2, 0.25) is 5.71 Å². The number of benzene rings is 8. The molecule has 6 nitrogen and oxygen atoms in total. The van der Waals surface area contributed by atoms with E-state index in [0.29, 0.717) is 23.2 Å². The van der Waals surface area contributed by atoms with Crippen molar-refractivity contribution in [3.63, 3.8) is 0 Å². The predicted molar refractivity (Wildman–Crippen MR) is 236 cm³/mol. The van der Waals surface area contributed by atoms with Crippen LogP contribution in [0.5, 0.6) is 0 Å². The Bertz CT molecular complexity index is 3530. The van der Waals surface area contributed by atoms with Gasteiger partial charge in [-0.05, 0) is 69.8 Å². The maximum atomic E-state index is 6.22. The molecule has 0 fully saturated rings. The van der Waals surface area contributed by atoms with Crippen LogP contribution < -0.4 is 0 Å². The lowest BCUT2D eigenvalue weighted by molar-refractivity contribution is 0.654. The van der Waals surface area contributed by atoms with Crippen LogP contribution in [0.1, 0.15) is 0 Å². The minimum absolute atomic E-state index is 0.543. The molecule has 0 radical (unpaired) electrons. The van der Waals surface area contributed by atoms with E-state index in [1.165, 1.54) is 21.5 Å². The van der Waals surface area contributed by atoms with Gasteiger partial charge in [0.15, 0.2) is 17.5 Å². The summed E-state index contributed by atoms with van der Waals surface area (Å²) in [5.74, 6) is 1.70. The van der Waals surface area contributed by atoms with Gasteiger partial charge in [-0.3, -0.25) is 0 Å². The first-order valence-corrected chi connectivity index (χ1v) is 19.4. The summed E-state index contributed by atoms with van der Waals surface area (Å²) in [5, 5.41) is 8.91. The van der Waals surface area contributed by atoms with Crippen LogP contribution in [0.25, 0.3) is 116 Å². The van der Waals surface area contributed by atoms with E-state index in [9.17, 15) is 0 Å². The van der Waals surface area contributed by atoms with Gasteiger partial charge in [0.1, 0.15) is 5.58 Å². The van der Waals surface area contributed by atoms with Crippen LogP contribution in [0.4, 0.5) is 0 Å². The average Bonchev–Trinajstić information content (AvgIpc) is 3.84. The van der Waals surface area contributed by atoms with Crippen LogP contribution in [0.2, 0.25) is 0 Å². The lowest BCUT2D eigenvalue weighted by atomic mass is 10.00. The van der Waals surface area contributed by atoms with E-state index >= 15 is 0 Å². The van der Waals surface area contributed by atoms with Crippen molar-refractivity contribution in [3.05, 3.63) is 188 Å². The third-order valence-electron chi connectivity index (χ3n) is 11.3. The molecule has 12 aromatic rings. The summed E-state index contributed by atoms with van der Waals surface area (Å²) in [6.45, 7) is 0. The fourth-order valence-corrected chi connectivity index (χ4v) is 8.55. The van der Waals surface area contributed by atoms with Crippen LogP contribution in [0, 0.1) is 0 Å². The average molecular weight is 742 g/mol. The van der Waals surface area contributed by atoms with E-state index in [1.807, 2.05) is 24.3 Å². The number of aromatic nitrogens is 5. The second-order valence-corrected chi connectivity index (χ2v) is 14.7. The summed E-state index contributed by atoms with van der Waals surface area (Å²) in [5.41, 5.74) is 9.52. The molecule has 270 valence electrons. The summed E-state index contributed by atoms with van der Waals surface area (Å²) in [4.78, 5) is 20.3. The van der Waals surface area contributed by atoms with Crippen molar-refractivity contribution >= 4 is 65.4 Å². The van der Waals surface area contributed by atoms with E-state index < -0.39 is 0 Å². The van der Waals surface area contributed by atoms with Crippen molar-refractivity contribution in [2.24, 2.45) is 0 Å². The zero-order chi connectivity index (χ0) is 38.2. The van der Waals surface area contributed by atoms with Crippen molar-refractivity contribution in [3.8, 4) is 51.0 Å². The largest absolute Gasteiger partial charge is 0.438 e. The highest BCUT2D eigenvalue weighted by molar-refractivity contribution is 6.12.